The van der Waals surface area contributed by atoms with Crippen LogP contribution in [0.15, 0.2) is 18.2 Å². The Morgan fingerprint density at radius 1 is 1.07 bits per heavy atom. The Balaban J connectivity index is 2.81. The predicted octanol–water partition coefficient (Wildman–Crippen LogP) is 4.93. The number of pyridine rings is 1. The van der Waals surface area contributed by atoms with Crippen molar-refractivity contribution in [1.29, 1.82) is 0 Å². The first-order valence-electron chi connectivity index (χ1n) is 4.12. The van der Waals surface area contributed by atoms with Gasteiger partial charge in [0.05, 0.1) is 16.4 Å². The number of benzene rings is 1. The molecule has 0 amide bonds. The molecule has 0 N–H and O–H groups in total. The number of hydrogen-bond donors (Lipinski definition) is 0. The van der Waals surface area contributed by atoms with Crippen molar-refractivity contribution < 1.29 is 0 Å². The standard InChI is InChI=1S/C10H5Cl4N/c11-4-5-1-7-8(13)2-6(12)3-9(7)15-10(5)14/h1-3H,4H2. The number of rotatable bonds is 1. The van der Waals surface area contributed by atoms with Crippen LogP contribution < -0.4 is 0 Å². The van der Waals surface area contributed by atoms with E-state index in [1.54, 1.807) is 12.1 Å². The van der Waals surface area contributed by atoms with Crippen LogP contribution in [0.4, 0.5) is 0 Å². The average molecular weight is 281 g/mol. The summed E-state index contributed by atoms with van der Waals surface area (Å²) in [5.74, 6) is 0.306. The van der Waals surface area contributed by atoms with Gasteiger partial charge >= 0.3 is 0 Å². The first kappa shape index (κ1) is 11.3. The molecular formula is C10H5Cl4N. The van der Waals surface area contributed by atoms with Crippen LogP contribution in [0.2, 0.25) is 15.2 Å². The van der Waals surface area contributed by atoms with Crippen molar-refractivity contribution >= 4 is 57.3 Å². The van der Waals surface area contributed by atoms with Crippen molar-refractivity contribution in [1.82, 2.24) is 4.98 Å². The topological polar surface area (TPSA) is 12.9 Å². The second kappa shape index (κ2) is 4.34. The van der Waals surface area contributed by atoms with E-state index in [4.69, 9.17) is 46.4 Å². The van der Waals surface area contributed by atoms with Gasteiger partial charge in [0.2, 0.25) is 0 Å². The van der Waals surface area contributed by atoms with E-state index in [1.807, 2.05) is 6.07 Å². The summed E-state index contributed by atoms with van der Waals surface area (Å²) in [4.78, 5) is 4.18. The van der Waals surface area contributed by atoms with Gasteiger partial charge in [-0.05, 0) is 18.2 Å². The van der Waals surface area contributed by atoms with E-state index in [0.29, 0.717) is 26.6 Å². The molecule has 0 saturated heterocycles. The van der Waals surface area contributed by atoms with Gasteiger partial charge in [-0.15, -0.1) is 11.6 Å². The third-order valence-electron chi connectivity index (χ3n) is 2.02. The van der Waals surface area contributed by atoms with Crippen molar-refractivity contribution in [3.8, 4) is 0 Å². The SMILES string of the molecule is ClCc1cc2c(Cl)cc(Cl)cc2nc1Cl. The lowest BCUT2D eigenvalue weighted by Gasteiger charge is -2.05. The van der Waals surface area contributed by atoms with E-state index in [2.05, 4.69) is 4.98 Å². The van der Waals surface area contributed by atoms with Gasteiger partial charge in [0.25, 0.3) is 0 Å². The second-order valence-corrected chi connectivity index (χ2v) is 4.50. The van der Waals surface area contributed by atoms with Crippen LogP contribution in [0, 0.1) is 0 Å². The van der Waals surface area contributed by atoms with Gasteiger partial charge in [-0.3, -0.25) is 0 Å². The highest BCUT2D eigenvalue weighted by Gasteiger charge is 2.07. The molecule has 1 aromatic carbocycles. The minimum atomic E-state index is 0.306. The van der Waals surface area contributed by atoms with Crippen molar-refractivity contribution in [2.45, 2.75) is 5.88 Å². The van der Waals surface area contributed by atoms with Crippen molar-refractivity contribution in [3.63, 3.8) is 0 Å². The van der Waals surface area contributed by atoms with E-state index < -0.39 is 0 Å². The van der Waals surface area contributed by atoms with Gasteiger partial charge in [-0.2, -0.15) is 0 Å². The van der Waals surface area contributed by atoms with Crippen LogP contribution >= 0.6 is 46.4 Å². The molecule has 1 nitrogen and oxygen atoms in total. The number of fused-ring (bicyclic) bond motifs is 1. The van der Waals surface area contributed by atoms with E-state index in [-0.39, 0.29) is 0 Å². The monoisotopic (exact) mass is 279 g/mol. The highest BCUT2D eigenvalue weighted by Crippen LogP contribution is 2.30. The molecule has 0 atom stereocenters. The van der Waals surface area contributed by atoms with Crippen LogP contribution in [-0.4, -0.2) is 4.98 Å². The molecule has 0 fully saturated rings. The molecule has 2 aromatic rings. The van der Waals surface area contributed by atoms with Crippen molar-refractivity contribution in [3.05, 3.63) is 39.0 Å². The maximum atomic E-state index is 6.03. The fraction of sp³-hybridized carbons (Fsp3) is 0.100. The van der Waals surface area contributed by atoms with Crippen LogP contribution in [0.5, 0.6) is 0 Å². The summed E-state index contributed by atoms with van der Waals surface area (Å²) in [6.07, 6.45) is 0. The van der Waals surface area contributed by atoms with Gasteiger partial charge in [0, 0.05) is 16.0 Å². The minimum Gasteiger partial charge on any atom is -0.236 e. The van der Waals surface area contributed by atoms with E-state index in [9.17, 15) is 0 Å². The van der Waals surface area contributed by atoms with Crippen LogP contribution in [0.1, 0.15) is 5.56 Å². The van der Waals surface area contributed by atoms with E-state index in [0.717, 1.165) is 10.9 Å². The lowest BCUT2D eigenvalue weighted by molar-refractivity contribution is 1.30. The number of aromatic nitrogens is 1. The summed E-state index contributed by atoms with van der Waals surface area (Å²) in [6.45, 7) is 0. The number of alkyl halides is 1. The fourth-order valence-corrected chi connectivity index (χ4v) is 2.33. The molecule has 78 valence electrons. The maximum absolute atomic E-state index is 6.03. The van der Waals surface area contributed by atoms with E-state index in [1.165, 1.54) is 0 Å². The normalized spacial score (nSPS) is 10.9. The zero-order valence-electron chi connectivity index (χ0n) is 7.40. The summed E-state index contributed by atoms with van der Waals surface area (Å²) in [6, 6.07) is 5.21. The third-order valence-corrected chi connectivity index (χ3v) is 3.16. The molecule has 1 aromatic heterocycles. The zero-order valence-corrected chi connectivity index (χ0v) is 10.4. The smallest absolute Gasteiger partial charge is 0.134 e. The summed E-state index contributed by atoms with van der Waals surface area (Å²) in [7, 11) is 0. The summed E-state index contributed by atoms with van der Waals surface area (Å²) >= 11 is 23.5. The Hall–Kier alpha value is -0.210. The fourth-order valence-electron chi connectivity index (χ4n) is 1.31. The molecule has 0 spiro atoms. The highest BCUT2D eigenvalue weighted by molar-refractivity contribution is 6.39. The van der Waals surface area contributed by atoms with Crippen LogP contribution in [0.3, 0.4) is 0 Å². The molecule has 0 aliphatic rings. The minimum absolute atomic E-state index is 0.306. The Bertz CT molecular complexity index is 524. The first-order chi connectivity index (χ1) is 7.11. The Labute approximate surface area is 107 Å². The summed E-state index contributed by atoms with van der Waals surface area (Å²) in [5, 5.41) is 2.28. The molecular weight excluding hydrogens is 276 g/mol. The van der Waals surface area contributed by atoms with Gasteiger partial charge in [-0.25, -0.2) is 4.98 Å². The Kier molecular flexibility index (Phi) is 3.27. The largest absolute Gasteiger partial charge is 0.236 e. The first-order valence-corrected chi connectivity index (χ1v) is 5.79. The zero-order chi connectivity index (χ0) is 11.0. The quantitative estimate of drug-likeness (QED) is 0.533. The molecule has 1 heterocycles. The molecule has 0 unspecified atom stereocenters. The van der Waals surface area contributed by atoms with Gasteiger partial charge in [0.15, 0.2) is 0 Å². The lowest BCUT2D eigenvalue weighted by atomic mass is 10.2. The van der Waals surface area contributed by atoms with Crippen LogP contribution in [0.25, 0.3) is 10.9 Å². The number of halogens is 4. The number of nitrogens with zero attached hydrogens (tertiary/aromatic N) is 1. The molecule has 0 aliphatic carbocycles. The Morgan fingerprint density at radius 3 is 2.47 bits per heavy atom. The average Bonchev–Trinajstić information content (AvgIpc) is 2.16. The second-order valence-electron chi connectivity index (χ2n) is 3.03. The van der Waals surface area contributed by atoms with Gasteiger partial charge in [-0.1, -0.05) is 34.8 Å². The third kappa shape index (κ3) is 2.16. The predicted molar refractivity (Wildman–Crippen MR) is 66.3 cm³/mol. The van der Waals surface area contributed by atoms with Gasteiger partial charge < -0.3 is 0 Å². The molecule has 0 radical (unpaired) electrons. The lowest BCUT2D eigenvalue weighted by Crippen LogP contribution is -1.88. The summed E-state index contributed by atoms with van der Waals surface area (Å²) in [5.41, 5.74) is 1.43. The van der Waals surface area contributed by atoms with Gasteiger partial charge in [0.1, 0.15) is 5.15 Å². The molecule has 0 bridgehead atoms. The van der Waals surface area contributed by atoms with E-state index >= 15 is 0 Å². The summed E-state index contributed by atoms with van der Waals surface area (Å²) < 4.78 is 0. The number of hydrogen-bond acceptors (Lipinski definition) is 1. The molecule has 5 heteroatoms. The Morgan fingerprint density at radius 2 is 1.80 bits per heavy atom. The highest BCUT2D eigenvalue weighted by atomic mass is 35.5. The molecule has 15 heavy (non-hydrogen) atoms. The van der Waals surface area contributed by atoms with Crippen LogP contribution in [-0.2, 0) is 5.88 Å². The maximum Gasteiger partial charge on any atom is 0.134 e. The molecule has 2 rings (SSSR count). The van der Waals surface area contributed by atoms with Crippen molar-refractivity contribution in [2.24, 2.45) is 0 Å². The molecule has 0 aliphatic heterocycles. The van der Waals surface area contributed by atoms with Crippen molar-refractivity contribution in [2.75, 3.05) is 0 Å². The molecule has 0 saturated carbocycles.